The fourth-order valence-corrected chi connectivity index (χ4v) is 1.85. The van der Waals surface area contributed by atoms with Crippen LogP contribution in [0.5, 0.6) is 5.75 Å². The van der Waals surface area contributed by atoms with Crippen molar-refractivity contribution in [2.24, 2.45) is 0 Å². The van der Waals surface area contributed by atoms with Gasteiger partial charge in [-0.2, -0.15) is 0 Å². The van der Waals surface area contributed by atoms with Crippen molar-refractivity contribution in [2.45, 2.75) is 6.61 Å². The van der Waals surface area contributed by atoms with Crippen molar-refractivity contribution in [1.29, 1.82) is 0 Å². The first-order valence-electron chi connectivity index (χ1n) is 5.18. The van der Waals surface area contributed by atoms with Crippen LogP contribution >= 0.6 is 27.5 Å². The van der Waals surface area contributed by atoms with Crippen LogP contribution in [0.1, 0.15) is 5.56 Å². The Balaban J connectivity index is 2.10. The van der Waals surface area contributed by atoms with E-state index in [1.54, 1.807) is 0 Å². The molecule has 0 radical (unpaired) electrons. The van der Waals surface area contributed by atoms with Crippen LogP contribution in [0.15, 0.2) is 40.9 Å². The minimum Gasteiger partial charge on any atom is -0.487 e. The number of anilines is 1. The highest BCUT2D eigenvalue weighted by Crippen LogP contribution is 2.28. The molecule has 0 atom stereocenters. The summed E-state index contributed by atoms with van der Waals surface area (Å²) in [5, 5.41) is -0.0107. The quantitative estimate of drug-likeness (QED) is 0.846. The fourth-order valence-electron chi connectivity index (χ4n) is 1.41. The summed E-state index contributed by atoms with van der Waals surface area (Å²) in [6.45, 7) is 0.318. The van der Waals surface area contributed by atoms with Gasteiger partial charge in [0.15, 0.2) is 0 Å². The van der Waals surface area contributed by atoms with Crippen LogP contribution < -0.4 is 10.5 Å². The van der Waals surface area contributed by atoms with Crippen LogP contribution in [0.25, 0.3) is 0 Å². The highest BCUT2D eigenvalue weighted by atomic mass is 79.9. The standard InChI is InChI=1S/C13H10BrClFNO/c14-9-3-1-8(2-4-9)7-18-13-6-11(16)10(15)5-12(13)17/h1-6H,7,17H2. The van der Waals surface area contributed by atoms with Gasteiger partial charge < -0.3 is 10.5 Å². The predicted molar refractivity (Wildman–Crippen MR) is 74.3 cm³/mol. The molecule has 0 aliphatic rings. The molecule has 5 heteroatoms. The fraction of sp³-hybridized carbons (Fsp3) is 0.0769. The molecule has 0 saturated carbocycles. The number of nitrogen functional groups attached to an aromatic ring is 1. The number of halogens is 3. The molecule has 2 aromatic rings. The Labute approximate surface area is 118 Å². The lowest BCUT2D eigenvalue weighted by atomic mass is 10.2. The molecule has 94 valence electrons. The van der Waals surface area contributed by atoms with Gasteiger partial charge in [0.25, 0.3) is 0 Å². The van der Waals surface area contributed by atoms with Crippen LogP contribution in [0.2, 0.25) is 5.02 Å². The molecule has 2 rings (SSSR count). The minimum atomic E-state index is -0.545. The summed E-state index contributed by atoms with van der Waals surface area (Å²) in [7, 11) is 0. The third kappa shape index (κ3) is 3.15. The largest absolute Gasteiger partial charge is 0.487 e. The molecule has 2 aromatic carbocycles. The lowest BCUT2D eigenvalue weighted by Gasteiger charge is -2.09. The van der Waals surface area contributed by atoms with Crippen molar-refractivity contribution in [2.75, 3.05) is 5.73 Å². The van der Waals surface area contributed by atoms with Gasteiger partial charge in [-0.3, -0.25) is 0 Å². The molecule has 0 spiro atoms. The predicted octanol–water partition coefficient (Wildman–Crippen LogP) is 4.40. The number of ether oxygens (including phenoxy) is 1. The topological polar surface area (TPSA) is 35.2 Å². The van der Waals surface area contributed by atoms with Crippen LogP contribution in [-0.2, 0) is 6.61 Å². The summed E-state index contributed by atoms with van der Waals surface area (Å²) < 4.78 is 19.7. The molecule has 0 aromatic heterocycles. The first kappa shape index (κ1) is 13.2. The molecule has 0 fully saturated rings. The van der Waals surface area contributed by atoms with Gasteiger partial charge in [-0.25, -0.2) is 4.39 Å². The molecule has 0 aliphatic heterocycles. The van der Waals surface area contributed by atoms with Gasteiger partial charge in [0.05, 0.1) is 10.7 Å². The summed E-state index contributed by atoms with van der Waals surface area (Å²) in [5.41, 5.74) is 6.98. The Morgan fingerprint density at radius 3 is 2.56 bits per heavy atom. The maximum Gasteiger partial charge on any atom is 0.145 e. The number of nitrogens with two attached hydrogens (primary N) is 1. The van der Waals surface area contributed by atoms with E-state index in [2.05, 4.69) is 15.9 Å². The van der Waals surface area contributed by atoms with Crippen molar-refractivity contribution in [1.82, 2.24) is 0 Å². The highest BCUT2D eigenvalue weighted by Gasteiger charge is 2.07. The van der Waals surface area contributed by atoms with Crippen LogP contribution in [0, 0.1) is 5.82 Å². The Morgan fingerprint density at radius 1 is 1.22 bits per heavy atom. The number of benzene rings is 2. The monoisotopic (exact) mass is 329 g/mol. The van der Waals surface area contributed by atoms with Gasteiger partial charge >= 0.3 is 0 Å². The molecule has 0 saturated heterocycles. The van der Waals surface area contributed by atoms with E-state index < -0.39 is 5.82 Å². The first-order valence-corrected chi connectivity index (χ1v) is 6.35. The Kier molecular flexibility index (Phi) is 4.09. The Morgan fingerprint density at radius 2 is 1.89 bits per heavy atom. The zero-order valence-corrected chi connectivity index (χ0v) is 11.6. The minimum absolute atomic E-state index is 0.0107. The Bertz CT molecular complexity index is 560. The van der Waals surface area contributed by atoms with Crippen molar-refractivity contribution in [3.05, 3.63) is 57.3 Å². The number of rotatable bonds is 3. The van der Waals surface area contributed by atoms with E-state index in [0.29, 0.717) is 18.0 Å². The highest BCUT2D eigenvalue weighted by molar-refractivity contribution is 9.10. The molecule has 0 bridgehead atoms. The number of hydrogen-bond donors (Lipinski definition) is 1. The lowest BCUT2D eigenvalue weighted by Crippen LogP contribution is -1.99. The van der Waals surface area contributed by atoms with E-state index >= 15 is 0 Å². The van der Waals surface area contributed by atoms with Crippen molar-refractivity contribution in [3.63, 3.8) is 0 Å². The van der Waals surface area contributed by atoms with Crippen molar-refractivity contribution < 1.29 is 9.13 Å². The second-order valence-electron chi connectivity index (χ2n) is 3.72. The van der Waals surface area contributed by atoms with Crippen LogP contribution in [0.4, 0.5) is 10.1 Å². The molecule has 2 N–H and O–H groups in total. The van der Waals surface area contributed by atoms with Crippen LogP contribution in [-0.4, -0.2) is 0 Å². The summed E-state index contributed by atoms with van der Waals surface area (Å²) in [6, 6.07) is 10.2. The molecule has 0 unspecified atom stereocenters. The second kappa shape index (κ2) is 5.59. The van der Waals surface area contributed by atoms with E-state index in [4.69, 9.17) is 22.1 Å². The van der Waals surface area contributed by atoms with Crippen LogP contribution in [0.3, 0.4) is 0 Å². The normalized spacial score (nSPS) is 10.4. The average Bonchev–Trinajstić information content (AvgIpc) is 2.34. The maximum absolute atomic E-state index is 13.3. The SMILES string of the molecule is Nc1cc(Cl)c(F)cc1OCc1ccc(Br)cc1. The van der Waals surface area contributed by atoms with Gasteiger partial charge in [0.2, 0.25) is 0 Å². The van der Waals surface area contributed by atoms with E-state index in [1.807, 2.05) is 24.3 Å². The van der Waals surface area contributed by atoms with E-state index in [1.165, 1.54) is 12.1 Å². The zero-order chi connectivity index (χ0) is 13.1. The lowest BCUT2D eigenvalue weighted by molar-refractivity contribution is 0.306. The summed E-state index contributed by atoms with van der Waals surface area (Å²) in [4.78, 5) is 0. The molecule has 0 aliphatic carbocycles. The Hall–Kier alpha value is -1.26. The summed E-state index contributed by atoms with van der Waals surface area (Å²) in [6.07, 6.45) is 0. The smallest absolute Gasteiger partial charge is 0.145 e. The molecular weight excluding hydrogens is 321 g/mol. The summed E-state index contributed by atoms with van der Waals surface area (Å²) >= 11 is 8.95. The van der Waals surface area contributed by atoms with Gasteiger partial charge in [0, 0.05) is 10.5 Å². The molecular formula is C13H10BrClFNO. The van der Waals surface area contributed by atoms with Crippen molar-refractivity contribution in [3.8, 4) is 5.75 Å². The van der Waals surface area contributed by atoms with Crippen molar-refractivity contribution >= 4 is 33.2 Å². The van der Waals surface area contributed by atoms with Gasteiger partial charge in [0.1, 0.15) is 18.2 Å². The summed E-state index contributed by atoms with van der Waals surface area (Å²) in [5.74, 6) is -0.253. The zero-order valence-electron chi connectivity index (χ0n) is 9.29. The molecule has 0 amide bonds. The first-order chi connectivity index (χ1) is 8.56. The molecule has 18 heavy (non-hydrogen) atoms. The van der Waals surface area contributed by atoms with E-state index in [-0.39, 0.29) is 5.02 Å². The van der Waals surface area contributed by atoms with E-state index in [9.17, 15) is 4.39 Å². The van der Waals surface area contributed by atoms with Gasteiger partial charge in [-0.1, -0.05) is 39.7 Å². The average molecular weight is 331 g/mol. The van der Waals surface area contributed by atoms with E-state index in [0.717, 1.165) is 10.0 Å². The molecule has 0 heterocycles. The molecule has 2 nitrogen and oxygen atoms in total. The number of hydrogen-bond acceptors (Lipinski definition) is 2. The second-order valence-corrected chi connectivity index (χ2v) is 5.04. The third-order valence-electron chi connectivity index (χ3n) is 2.36. The van der Waals surface area contributed by atoms with Gasteiger partial charge in [-0.15, -0.1) is 0 Å². The third-order valence-corrected chi connectivity index (χ3v) is 3.18. The maximum atomic E-state index is 13.3. The van der Waals surface area contributed by atoms with Gasteiger partial charge in [-0.05, 0) is 23.8 Å².